The molecule has 0 bridgehead atoms. The van der Waals surface area contributed by atoms with Gasteiger partial charge in [0.25, 0.3) is 5.91 Å². The first kappa shape index (κ1) is 14.6. The molecule has 108 valence electrons. The Morgan fingerprint density at radius 2 is 2.30 bits per heavy atom. The summed E-state index contributed by atoms with van der Waals surface area (Å²) in [5.41, 5.74) is 0.517. The molecule has 0 aliphatic carbocycles. The van der Waals surface area contributed by atoms with E-state index < -0.39 is 0 Å². The molecule has 0 radical (unpaired) electrons. The number of nitrogens with zero attached hydrogens (tertiary/aromatic N) is 4. The molecule has 0 unspecified atom stereocenters. The topological polar surface area (TPSA) is 64.7 Å². The summed E-state index contributed by atoms with van der Waals surface area (Å²) < 4.78 is 3.50. The van der Waals surface area contributed by atoms with Gasteiger partial charge in [0, 0.05) is 19.8 Å². The van der Waals surface area contributed by atoms with Gasteiger partial charge in [0.15, 0.2) is 0 Å². The number of hydrogen-bond donors (Lipinski definition) is 1. The maximum atomic E-state index is 12.2. The molecule has 0 aliphatic rings. The fraction of sp³-hybridized carbons (Fsp3) is 0.462. The van der Waals surface area contributed by atoms with Gasteiger partial charge >= 0.3 is 0 Å². The average molecular weight is 296 g/mol. The van der Waals surface area contributed by atoms with Crippen molar-refractivity contribution in [2.24, 2.45) is 7.05 Å². The van der Waals surface area contributed by atoms with Crippen molar-refractivity contribution in [1.29, 1.82) is 0 Å². The first-order valence-corrected chi connectivity index (χ1v) is 6.91. The molecule has 0 spiro atoms. The minimum absolute atomic E-state index is 0.182. The summed E-state index contributed by atoms with van der Waals surface area (Å²) >= 11 is 5.89. The number of amides is 1. The van der Waals surface area contributed by atoms with E-state index in [1.165, 1.54) is 6.33 Å². The minimum atomic E-state index is -0.217. The SMILES string of the molecule is CCCn1ncnc1[C@@H](C)NC(=O)c1cc(Cl)cn1C. The first-order chi connectivity index (χ1) is 9.52. The van der Waals surface area contributed by atoms with Crippen molar-refractivity contribution in [3.8, 4) is 0 Å². The molecule has 20 heavy (non-hydrogen) atoms. The predicted molar refractivity (Wildman–Crippen MR) is 76.6 cm³/mol. The average Bonchev–Trinajstić information content (AvgIpc) is 2.96. The lowest BCUT2D eigenvalue weighted by molar-refractivity contribution is 0.0929. The van der Waals surface area contributed by atoms with E-state index in [1.54, 1.807) is 23.9 Å². The fourth-order valence-corrected chi connectivity index (χ4v) is 2.33. The number of aromatic nitrogens is 4. The summed E-state index contributed by atoms with van der Waals surface area (Å²) in [7, 11) is 1.78. The molecule has 2 heterocycles. The zero-order chi connectivity index (χ0) is 14.7. The maximum Gasteiger partial charge on any atom is 0.268 e. The molecular weight excluding hydrogens is 278 g/mol. The molecule has 0 fully saturated rings. The number of carbonyl (C=O) groups is 1. The summed E-state index contributed by atoms with van der Waals surface area (Å²) in [5, 5.41) is 7.61. The van der Waals surface area contributed by atoms with Crippen LogP contribution in [0.25, 0.3) is 0 Å². The van der Waals surface area contributed by atoms with Crippen molar-refractivity contribution in [2.45, 2.75) is 32.9 Å². The Labute approximate surface area is 122 Å². The van der Waals surface area contributed by atoms with Crippen LogP contribution in [-0.4, -0.2) is 25.2 Å². The van der Waals surface area contributed by atoms with E-state index in [2.05, 4.69) is 22.3 Å². The van der Waals surface area contributed by atoms with Crippen molar-refractivity contribution in [1.82, 2.24) is 24.6 Å². The van der Waals surface area contributed by atoms with Crippen LogP contribution in [0.1, 0.15) is 42.6 Å². The summed E-state index contributed by atoms with van der Waals surface area (Å²) in [4.78, 5) is 16.4. The molecule has 0 saturated carbocycles. The van der Waals surface area contributed by atoms with Gasteiger partial charge < -0.3 is 9.88 Å². The zero-order valence-corrected chi connectivity index (χ0v) is 12.6. The van der Waals surface area contributed by atoms with Gasteiger partial charge in [0.2, 0.25) is 0 Å². The lowest BCUT2D eigenvalue weighted by atomic mass is 10.3. The summed E-state index contributed by atoms with van der Waals surface area (Å²) in [6, 6.07) is 1.42. The highest BCUT2D eigenvalue weighted by Crippen LogP contribution is 2.15. The zero-order valence-electron chi connectivity index (χ0n) is 11.8. The van der Waals surface area contributed by atoms with Gasteiger partial charge in [-0.3, -0.25) is 4.79 Å². The molecule has 2 aromatic heterocycles. The van der Waals surface area contributed by atoms with Crippen LogP contribution in [0.2, 0.25) is 5.02 Å². The van der Waals surface area contributed by atoms with Gasteiger partial charge in [-0.05, 0) is 19.4 Å². The number of nitrogens with one attached hydrogen (secondary N) is 1. The normalized spacial score (nSPS) is 12.4. The maximum absolute atomic E-state index is 12.2. The third-order valence-electron chi connectivity index (χ3n) is 3.02. The van der Waals surface area contributed by atoms with Gasteiger partial charge in [-0.1, -0.05) is 18.5 Å². The van der Waals surface area contributed by atoms with Crippen LogP contribution in [0, 0.1) is 0 Å². The van der Waals surface area contributed by atoms with Crippen molar-refractivity contribution in [3.63, 3.8) is 0 Å². The third kappa shape index (κ3) is 3.01. The number of aryl methyl sites for hydroxylation is 2. The molecule has 1 N–H and O–H groups in total. The Morgan fingerprint density at radius 3 is 2.90 bits per heavy atom. The number of halogens is 1. The molecule has 2 rings (SSSR count). The highest BCUT2D eigenvalue weighted by Gasteiger charge is 2.18. The standard InChI is InChI=1S/C13H18ClN5O/c1-4-5-19-12(15-8-16-19)9(2)17-13(20)11-6-10(14)7-18(11)3/h6-9H,4-5H2,1-3H3,(H,17,20)/t9-/m1/s1. The highest BCUT2D eigenvalue weighted by molar-refractivity contribution is 6.31. The van der Waals surface area contributed by atoms with Gasteiger partial charge in [0.05, 0.1) is 11.1 Å². The molecular formula is C13H18ClN5O. The van der Waals surface area contributed by atoms with Crippen LogP contribution in [0.5, 0.6) is 0 Å². The van der Waals surface area contributed by atoms with E-state index in [0.717, 1.165) is 18.8 Å². The Bertz CT molecular complexity index is 604. The summed E-state index contributed by atoms with van der Waals surface area (Å²) in [5.74, 6) is 0.568. The number of hydrogen-bond acceptors (Lipinski definition) is 3. The Kier molecular flexibility index (Phi) is 4.44. The molecule has 0 saturated heterocycles. The van der Waals surface area contributed by atoms with Crippen molar-refractivity contribution in [3.05, 3.63) is 35.1 Å². The summed E-state index contributed by atoms with van der Waals surface area (Å²) in [6.07, 6.45) is 4.16. The second-order valence-corrected chi connectivity index (χ2v) is 5.13. The molecule has 6 nitrogen and oxygen atoms in total. The second kappa shape index (κ2) is 6.09. The lowest BCUT2D eigenvalue weighted by Gasteiger charge is -2.14. The van der Waals surface area contributed by atoms with E-state index in [9.17, 15) is 4.79 Å². The third-order valence-corrected chi connectivity index (χ3v) is 3.23. The van der Waals surface area contributed by atoms with Crippen molar-refractivity contribution < 1.29 is 4.79 Å². The largest absolute Gasteiger partial charge is 0.345 e. The monoisotopic (exact) mass is 295 g/mol. The van der Waals surface area contributed by atoms with Crippen LogP contribution < -0.4 is 5.32 Å². The predicted octanol–water partition coefficient (Wildman–Crippen LogP) is 2.17. The van der Waals surface area contributed by atoms with Crippen molar-refractivity contribution >= 4 is 17.5 Å². The fourth-order valence-electron chi connectivity index (χ4n) is 2.08. The quantitative estimate of drug-likeness (QED) is 0.919. The minimum Gasteiger partial charge on any atom is -0.345 e. The van der Waals surface area contributed by atoms with Gasteiger partial charge in [-0.15, -0.1) is 0 Å². The first-order valence-electron chi connectivity index (χ1n) is 6.53. The second-order valence-electron chi connectivity index (χ2n) is 4.69. The van der Waals surface area contributed by atoms with E-state index in [0.29, 0.717) is 10.7 Å². The van der Waals surface area contributed by atoms with Gasteiger partial charge in [-0.25, -0.2) is 9.67 Å². The van der Waals surface area contributed by atoms with E-state index in [-0.39, 0.29) is 11.9 Å². The Balaban J connectivity index is 2.11. The number of rotatable bonds is 5. The lowest BCUT2D eigenvalue weighted by Crippen LogP contribution is -2.30. The summed E-state index contributed by atoms with van der Waals surface area (Å²) in [6.45, 7) is 4.74. The Morgan fingerprint density at radius 1 is 1.55 bits per heavy atom. The Hall–Kier alpha value is -1.82. The van der Waals surface area contributed by atoms with Crippen LogP contribution in [0.3, 0.4) is 0 Å². The van der Waals surface area contributed by atoms with E-state index in [1.807, 2.05) is 11.6 Å². The molecule has 1 amide bonds. The van der Waals surface area contributed by atoms with E-state index in [4.69, 9.17) is 11.6 Å². The van der Waals surface area contributed by atoms with Crippen LogP contribution >= 0.6 is 11.6 Å². The molecule has 0 aliphatic heterocycles. The van der Waals surface area contributed by atoms with Crippen LogP contribution in [0.4, 0.5) is 0 Å². The molecule has 2 aromatic rings. The van der Waals surface area contributed by atoms with E-state index >= 15 is 0 Å². The molecule has 1 atom stereocenters. The van der Waals surface area contributed by atoms with Gasteiger partial charge in [-0.2, -0.15) is 5.10 Å². The molecule has 0 aromatic carbocycles. The van der Waals surface area contributed by atoms with Crippen LogP contribution in [0.15, 0.2) is 18.6 Å². The number of carbonyl (C=O) groups excluding carboxylic acids is 1. The van der Waals surface area contributed by atoms with Crippen molar-refractivity contribution in [2.75, 3.05) is 0 Å². The molecule has 7 heteroatoms. The van der Waals surface area contributed by atoms with Gasteiger partial charge in [0.1, 0.15) is 17.8 Å². The highest BCUT2D eigenvalue weighted by atomic mass is 35.5. The van der Waals surface area contributed by atoms with Crippen LogP contribution in [-0.2, 0) is 13.6 Å². The smallest absolute Gasteiger partial charge is 0.268 e.